The maximum atomic E-state index is 9.71. The molecule has 0 bridgehead atoms. The van der Waals surface area contributed by atoms with E-state index in [1.807, 2.05) is 0 Å². The fourth-order valence-electron chi connectivity index (χ4n) is 13.1. The van der Waals surface area contributed by atoms with E-state index in [4.69, 9.17) is 0 Å². The molecular formula is C66H63Cl2SiZr. The fraction of sp³-hybridized carbons (Fsp3) is 0.212. The van der Waals surface area contributed by atoms with Gasteiger partial charge < -0.3 is 0 Å². The first-order valence-corrected chi connectivity index (χ1v) is 37.6. The summed E-state index contributed by atoms with van der Waals surface area (Å²) in [6.45, 7) is 14.1. The Labute approximate surface area is 427 Å². The van der Waals surface area contributed by atoms with E-state index in [0.29, 0.717) is 11.8 Å². The van der Waals surface area contributed by atoms with Gasteiger partial charge in [-0.2, -0.15) is 0 Å². The Morgan fingerprint density at radius 3 is 1.34 bits per heavy atom. The van der Waals surface area contributed by atoms with Gasteiger partial charge in [-0.1, -0.05) is 0 Å². The second-order valence-electron chi connectivity index (χ2n) is 21.1. The SMILES string of the molecule is CCc1ccccc1-c1c(-c2ccccc2)ccc2c1C=C(CC(C)C)[CH]2[Zr]([Cl])([Cl])([c]1cccc2c1[SiH2]c1ccccc1-2)[CH]1C(CC(C)C)=Cc2c1ccc(-c1ccccc1)c2-c1ccccc1CC. The quantitative estimate of drug-likeness (QED) is 0.101. The van der Waals surface area contributed by atoms with Crippen molar-refractivity contribution in [3.63, 3.8) is 0 Å². The van der Waals surface area contributed by atoms with Crippen molar-refractivity contribution in [2.75, 3.05) is 0 Å². The molecular weight excluding hydrogens is 983 g/mol. The molecule has 0 N–H and O–H groups in total. The zero-order chi connectivity index (χ0) is 48.3. The predicted octanol–water partition coefficient (Wildman–Crippen LogP) is 16.6. The van der Waals surface area contributed by atoms with Crippen molar-refractivity contribution in [1.82, 2.24) is 0 Å². The van der Waals surface area contributed by atoms with E-state index in [1.54, 1.807) is 0 Å². The average Bonchev–Trinajstić information content (AvgIpc) is 4.07. The molecule has 0 saturated heterocycles. The van der Waals surface area contributed by atoms with Crippen LogP contribution in [0.15, 0.2) is 187 Å². The van der Waals surface area contributed by atoms with Crippen LogP contribution in [0.2, 0.25) is 0 Å². The summed E-state index contributed by atoms with van der Waals surface area (Å²) in [5.74, 6) is 0.783. The van der Waals surface area contributed by atoms with Gasteiger partial charge in [0.15, 0.2) is 0 Å². The first-order chi connectivity index (χ1) is 34.0. The van der Waals surface area contributed by atoms with Crippen LogP contribution in [0.25, 0.3) is 67.8 Å². The van der Waals surface area contributed by atoms with Crippen molar-refractivity contribution in [3.8, 4) is 55.6 Å². The van der Waals surface area contributed by atoms with Crippen molar-refractivity contribution in [2.45, 2.75) is 74.5 Å². The molecule has 2 atom stereocenters. The normalized spacial score (nSPS) is 16.7. The van der Waals surface area contributed by atoms with Gasteiger partial charge in [0.2, 0.25) is 0 Å². The standard InChI is InChI=1S/2C27H27.C12H9Si.2ClH.Zr/c2*1-4-21-10-8-9-13-24(21)27-25(22-11-6-5-7-12-22)15-14-23-17-20(16-19(2)3)18-26(23)27;1-3-7-11-9(5-1)10-6-2-4-8-12(10)13-11;;;/h2*5-15,17-19H,4,16H2,1-3H3;1-7H,13H2;2*1H;/q;;;;;+2/p-2. The molecule has 0 spiro atoms. The van der Waals surface area contributed by atoms with Gasteiger partial charge in [0.05, 0.1) is 0 Å². The summed E-state index contributed by atoms with van der Waals surface area (Å²) >= 11 is -5.90. The van der Waals surface area contributed by atoms with Crippen LogP contribution >= 0.6 is 17.0 Å². The molecule has 8 aromatic carbocycles. The van der Waals surface area contributed by atoms with Gasteiger partial charge in [-0.3, -0.25) is 0 Å². The Kier molecular flexibility index (Phi) is 12.7. The van der Waals surface area contributed by atoms with Gasteiger partial charge in [0, 0.05) is 0 Å². The molecule has 11 rings (SSSR count). The van der Waals surface area contributed by atoms with Crippen molar-refractivity contribution in [1.29, 1.82) is 0 Å². The molecule has 1 heterocycles. The summed E-state index contributed by atoms with van der Waals surface area (Å²) in [4.78, 5) is 0. The molecule has 3 aliphatic rings. The third kappa shape index (κ3) is 7.80. The topological polar surface area (TPSA) is 0 Å². The molecule has 0 radical (unpaired) electrons. The zero-order valence-corrected chi connectivity index (χ0v) is 46.9. The molecule has 70 heavy (non-hydrogen) atoms. The van der Waals surface area contributed by atoms with E-state index >= 15 is 0 Å². The van der Waals surface area contributed by atoms with E-state index in [2.05, 4.69) is 230 Å². The van der Waals surface area contributed by atoms with Crippen LogP contribution in [0.1, 0.15) is 95.0 Å². The fourth-order valence-corrected chi connectivity index (χ4v) is 40.9. The minimum absolute atomic E-state index is 0.171. The van der Waals surface area contributed by atoms with E-state index in [0.717, 1.165) is 25.7 Å². The second kappa shape index (κ2) is 18.8. The molecule has 349 valence electrons. The molecule has 0 saturated carbocycles. The Morgan fingerprint density at radius 2 is 0.871 bits per heavy atom. The van der Waals surface area contributed by atoms with Gasteiger partial charge in [0.1, 0.15) is 0 Å². The molecule has 0 nitrogen and oxygen atoms in total. The van der Waals surface area contributed by atoms with Crippen LogP contribution in [0.3, 0.4) is 0 Å². The van der Waals surface area contributed by atoms with Gasteiger partial charge >= 0.3 is 431 Å². The predicted molar refractivity (Wildman–Crippen MR) is 305 cm³/mol. The number of hydrogen-bond acceptors (Lipinski definition) is 0. The van der Waals surface area contributed by atoms with E-state index in [1.165, 1.54) is 114 Å². The molecule has 4 heteroatoms. The summed E-state index contributed by atoms with van der Waals surface area (Å²) in [6.07, 6.45) is 8.88. The number of fused-ring (bicyclic) bond motifs is 5. The van der Waals surface area contributed by atoms with Crippen LogP contribution in [-0.2, 0) is 29.2 Å². The van der Waals surface area contributed by atoms with Gasteiger partial charge in [-0.25, -0.2) is 0 Å². The Balaban J connectivity index is 1.27. The Bertz CT molecular complexity index is 3200. The van der Waals surface area contributed by atoms with Crippen molar-refractivity contribution in [2.24, 2.45) is 11.8 Å². The average molecular weight is 1050 g/mol. The number of hydrogen-bond donors (Lipinski definition) is 0. The van der Waals surface area contributed by atoms with Gasteiger partial charge in [0.25, 0.3) is 0 Å². The molecule has 8 aromatic rings. The van der Waals surface area contributed by atoms with Crippen molar-refractivity contribution >= 4 is 52.3 Å². The number of rotatable bonds is 13. The maximum absolute atomic E-state index is 9.71. The number of aryl methyl sites for hydroxylation is 2. The third-order valence-electron chi connectivity index (χ3n) is 15.8. The van der Waals surface area contributed by atoms with Gasteiger partial charge in [-0.15, -0.1) is 0 Å². The second-order valence-corrected chi connectivity index (χ2v) is 43.5. The van der Waals surface area contributed by atoms with Crippen LogP contribution in [-0.4, -0.2) is 9.52 Å². The molecule has 2 aliphatic carbocycles. The summed E-state index contributed by atoms with van der Waals surface area (Å²) in [7, 11) is 18.5. The molecule has 0 aromatic heterocycles. The molecule has 2 unspecified atom stereocenters. The van der Waals surface area contributed by atoms with Crippen LogP contribution in [0.4, 0.5) is 0 Å². The van der Waals surface area contributed by atoms with E-state index in [9.17, 15) is 17.0 Å². The summed E-state index contributed by atoms with van der Waals surface area (Å²) in [5, 5.41) is 2.95. The van der Waals surface area contributed by atoms with Crippen LogP contribution in [0, 0.1) is 11.8 Å². The van der Waals surface area contributed by atoms with E-state index in [-0.39, 0.29) is 7.25 Å². The molecule has 0 amide bonds. The van der Waals surface area contributed by atoms with Crippen molar-refractivity contribution < 1.29 is 16.4 Å². The third-order valence-corrected chi connectivity index (χ3v) is 38.6. The number of halogens is 2. The van der Waals surface area contributed by atoms with Gasteiger partial charge in [-0.05, 0) is 0 Å². The summed E-state index contributed by atoms with van der Waals surface area (Å²) in [5.41, 5.74) is 23.5. The van der Waals surface area contributed by atoms with Crippen LogP contribution in [0.5, 0.6) is 0 Å². The summed E-state index contributed by atoms with van der Waals surface area (Å²) < 4.78 is 0.946. The number of benzene rings is 8. The van der Waals surface area contributed by atoms with Crippen molar-refractivity contribution in [3.05, 3.63) is 220 Å². The Hall–Kier alpha value is -5.08. The van der Waals surface area contributed by atoms with Crippen LogP contribution < -0.4 is 13.6 Å². The summed E-state index contributed by atoms with van der Waals surface area (Å²) in [6, 6.07) is 66.1. The van der Waals surface area contributed by atoms with E-state index < -0.39 is 25.9 Å². The minimum atomic E-state index is -5.90. The zero-order valence-electron chi connectivity index (χ0n) is 41.5. The first-order valence-electron chi connectivity index (χ1n) is 25.8. The molecule has 0 fully saturated rings. The first kappa shape index (κ1) is 47.3. The molecule has 1 aliphatic heterocycles. The Morgan fingerprint density at radius 1 is 0.443 bits per heavy atom. The number of allylic oxidation sites excluding steroid dienone is 2. The monoisotopic (exact) mass is 1040 g/mol.